The van der Waals surface area contributed by atoms with Gasteiger partial charge >= 0.3 is 5.69 Å². The lowest BCUT2D eigenvalue weighted by molar-refractivity contribution is 0.0881. The molecule has 0 saturated heterocycles. The van der Waals surface area contributed by atoms with Gasteiger partial charge in [-0.3, -0.25) is 9.56 Å². The predicted octanol–water partition coefficient (Wildman–Crippen LogP) is 3.62. The molecule has 3 aromatic rings. The van der Waals surface area contributed by atoms with Crippen LogP contribution in [0, 0.1) is 0 Å². The molecule has 4 rings (SSSR count). The Morgan fingerprint density at radius 1 is 1.21 bits per heavy atom. The van der Waals surface area contributed by atoms with Crippen molar-refractivity contribution in [2.75, 3.05) is 13.7 Å². The molecule has 0 aliphatic carbocycles. The first kappa shape index (κ1) is 22.2. The lowest BCUT2D eigenvalue weighted by Gasteiger charge is -2.15. The zero-order valence-electron chi connectivity index (χ0n) is 18.4. The minimum Gasteiger partial charge on any atom is -0.493 e. The number of hydrogen-bond acceptors (Lipinski definition) is 6. The molecule has 8 heteroatoms. The Morgan fingerprint density at radius 3 is 2.82 bits per heavy atom. The van der Waals surface area contributed by atoms with Crippen molar-refractivity contribution in [2.45, 2.75) is 19.6 Å². The number of aromatic amines is 1. The van der Waals surface area contributed by atoms with E-state index in [9.17, 15) is 15.0 Å². The maximum Gasteiger partial charge on any atom is 0.328 e. The van der Waals surface area contributed by atoms with Gasteiger partial charge in [-0.25, -0.2) is 4.79 Å². The van der Waals surface area contributed by atoms with Crippen LogP contribution in [0.15, 0.2) is 58.3 Å². The number of nitrogens with one attached hydrogen (secondary N) is 1. The van der Waals surface area contributed by atoms with Crippen LogP contribution in [0.25, 0.3) is 17.7 Å². The van der Waals surface area contributed by atoms with Gasteiger partial charge in [0, 0.05) is 17.4 Å². The molecule has 2 aromatic carbocycles. The Bertz CT molecular complexity index is 1300. The average molecular weight is 447 g/mol. The summed E-state index contributed by atoms with van der Waals surface area (Å²) >= 11 is 0. The molecular weight excluding hydrogens is 422 g/mol. The third kappa shape index (κ3) is 4.75. The van der Waals surface area contributed by atoms with Gasteiger partial charge in [-0.05, 0) is 36.8 Å². The number of aliphatic hydroxyl groups excluding tert-OH is 1. The van der Waals surface area contributed by atoms with E-state index in [0.29, 0.717) is 11.5 Å². The first-order chi connectivity index (χ1) is 16.0. The average Bonchev–Trinajstić information content (AvgIpc) is 3.34. The van der Waals surface area contributed by atoms with E-state index in [1.165, 1.54) is 0 Å². The van der Waals surface area contributed by atoms with Crippen molar-refractivity contribution in [1.82, 2.24) is 9.55 Å². The van der Waals surface area contributed by atoms with Crippen molar-refractivity contribution in [1.29, 1.82) is 0 Å². The lowest BCUT2D eigenvalue weighted by Crippen LogP contribution is -2.28. The second-order valence-corrected chi connectivity index (χ2v) is 7.53. The van der Waals surface area contributed by atoms with Crippen molar-refractivity contribution in [3.63, 3.8) is 0 Å². The van der Waals surface area contributed by atoms with Crippen LogP contribution in [-0.4, -0.2) is 45.8 Å². The van der Waals surface area contributed by atoms with Gasteiger partial charge in [0.25, 0.3) is 0 Å². The number of allylic oxidation sites excluding steroid dienone is 2. The molecule has 0 bridgehead atoms. The zero-order chi connectivity index (χ0) is 23.4. The number of H-pyrrole nitrogens is 1. The SMILES string of the molecule is C/C=C/c1ccc(OCC(O)Cn2c(O)c(/C=C3\C=Nc4ccccc43)[nH]c2=O)c(OC)c1. The summed E-state index contributed by atoms with van der Waals surface area (Å²) in [6, 6.07) is 13.1. The molecule has 1 aliphatic heterocycles. The maximum absolute atomic E-state index is 12.4. The van der Waals surface area contributed by atoms with Gasteiger partial charge in [0.05, 0.1) is 19.3 Å². The van der Waals surface area contributed by atoms with Crippen LogP contribution >= 0.6 is 0 Å². The van der Waals surface area contributed by atoms with E-state index < -0.39 is 11.8 Å². The largest absolute Gasteiger partial charge is 0.493 e. The third-order valence-electron chi connectivity index (χ3n) is 5.21. The van der Waals surface area contributed by atoms with E-state index in [-0.39, 0.29) is 24.7 Å². The number of aromatic hydroxyl groups is 1. The molecule has 0 amide bonds. The summed E-state index contributed by atoms with van der Waals surface area (Å²) in [5, 5.41) is 21.0. The Balaban J connectivity index is 1.46. The normalized spacial score (nSPS) is 14.7. The van der Waals surface area contributed by atoms with E-state index in [1.54, 1.807) is 25.5 Å². The standard InChI is InChI=1S/C25H25N3O5/c1-3-6-16-9-10-22(23(11-16)32-2)33-15-18(29)14-28-24(30)21(27-25(28)31)12-17-13-26-20-8-5-4-7-19(17)20/h3-13,18,29-30H,14-15H2,1-2H3,(H,27,31)/b6-3+,17-12+. The molecule has 1 aliphatic rings. The summed E-state index contributed by atoms with van der Waals surface area (Å²) in [7, 11) is 1.54. The van der Waals surface area contributed by atoms with Gasteiger partial charge in [0.15, 0.2) is 11.5 Å². The predicted molar refractivity (Wildman–Crippen MR) is 128 cm³/mol. The lowest BCUT2D eigenvalue weighted by atomic mass is 10.1. The van der Waals surface area contributed by atoms with E-state index in [1.807, 2.05) is 55.5 Å². The van der Waals surface area contributed by atoms with Gasteiger partial charge in [-0.2, -0.15) is 0 Å². The fourth-order valence-corrected chi connectivity index (χ4v) is 3.61. The van der Waals surface area contributed by atoms with Crippen molar-refractivity contribution in [2.24, 2.45) is 4.99 Å². The van der Waals surface area contributed by atoms with Gasteiger partial charge in [-0.15, -0.1) is 0 Å². The highest BCUT2D eigenvalue weighted by molar-refractivity contribution is 6.21. The topological polar surface area (TPSA) is 109 Å². The van der Waals surface area contributed by atoms with Crippen LogP contribution < -0.4 is 15.2 Å². The highest BCUT2D eigenvalue weighted by Gasteiger charge is 2.18. The molecule has 170 valence electrons. The maximum atomic E-state index is 12.4. The van der Waals surface area contributed by atoms with Crippen LogP contribution in [0.3, 0.4) is 0 Å². The number of hydrogen-bond donors (Lipinski definition) is 3. The van der Waals surface area contributed by atoms with Gasteiger partial charge in [-0.1, -0.05) is 36.4 Å². The second kappa shape index (κ2) is 9.62. The Kier molecular flexibility index (Phi) is 6.46. The van der Waals surface area contributed by atoms with Crippen LogP contribution in [0.5, 0.6) is 17.4 Å². The zero-order valence-corrected chi connectivity index (χ0v) is 18.4. The molecule has 0 spiro atoms. The number of fused-ring (bicyclic) bond motifs is 1. The molecule has 0 saturated carbocycles. The molecule has 1 atom stereocenters. The molecule has 2 heterocycles. The van der Waals surface area contributed by atoms with Crippen LogP contribution in [0.1, 0.15) is 23.7 Å². The van der Waals surface area contributed by atoms with Crippen LogP contribution in [0.2, 0.25) is 0 Å². The Morgan fingerprint density at radius 2 is 2.03 bits per heavy atom. The number of benzene rings is 2. The molecule has 8 nitrogen and oxygen atoms in total. The highest BCUT2D eigenvalue weighted by Crippen LogP contribution is 2.33. The van der Waals surface area contributed by atoms with Crippen LogP contribution in [-0.2, 0) is 6.54 Å². The van der Waals surface area contributed by atoms with Gasteiger partial charge < -0.3 is 24.7 Å². The molecule has 1 aromatic heterocycles. The van der Waals surface area contributed by atoms with E-state index in [0.717, 1.165) is 27.0 Å². The molecule has 33 heavy (non-hydrogen) atoms. The Hall–Kier alpha value is -4.04. The highest BCUT2D eigenvalue weighted by atomic mass is 16.5. The van der Waals surface area contributed by atoms with Crippen molar-refractivity contribution < 1.29 is 19.7 Å². The molecular formula is C25H25N3O5. The number of methoxy groups -OCH3 is 1. The number of rotatable bonds is 8. The Labute approximate surface area is 190 Å². The smallest absolute Gasteiger partial charge is 0.328 e. The summed E-state index contributed by atoms with van der Waals surface area (Å²) < 4.78 is 12.1. The molecule has 3 N–H and O–H groups in total. The third-order valence-corrected chi connectivity index (χ3v) is 5.21. The minimum atomic E-state index is -1.04. The minimum absolute atomic E-state index is 0.0904. The van der Waals surface area contributed by atoms with Gasteiger partial charge in [0.1, 0.15) is 18.4 Å². The summed E-state index contributed by atoms with van der Waals surface area (Å²) in [6.45, 7) is 1.69. The fraction of sp³-hybridized carbons (Fsp3) is 0.200. The summed E-state index contributed by atoms with van der Waals surface area (Å²) in [5.74, 6) is 0.740. The molecule has 0 fully saturated rings. The number of aliphatic imine (C=N–C) groups is 1. The van der Waals surface area contributed by atoms with Crippen molar-refractivity contribution >= 4 is 29.6 Å². The summed E-state index contributed by atoms with van der Waals surface area (Å²) in [6.07, 6.45) is 6.15. The summed E-state index contributed by atoms with van der Waals surface area (Å²) in [5.41, 5.74) is 3.18. The quantitative estimate of drug-likeness (QED) is 0.489. The summed E-state index contributed by atoms with van der Waals surface area (Å²) in [4.78, 5) is 19.3. The van der Waals surface area contributed by atoms with Crippen LogP contribution in [0.4, 0.5) is 5.69 Å². The fourth-order valence-electron chi connectivity index (χ4n) is 3.61. The second-order valence-electron chi connectivity index (χ2n) is 7.53. The first-order valence-corrected chi connectivity index (χ1v) is 10.5. The monoisotopic (exact) mass is 447 g/mol. The molecule has 1 unspecified atom stereocenters. The molecule has 0 radical (unpaired) electrons. The number of imidazole rings is 1. The van der Waals surface area contributed by atoms with Crippen molar-refractivity contribution in [3.8, 4) is 17.4 Å². The number of aliphatic hydroxyl groups is 1. The van der Waals surface area contributed by atoms with Crippen molar-refractivity contribution in [3.05, 3.63) is 75.8 Å². The van der Waals surface area contributed by atoms with Gasteiger partial charge in [0.2, 0.25) is 5.88 Å². The van der Waals surface area contributed by atoms with E-state index in [2.05, 4.69) is 9.98 Å². The van der Waals surface area contributed by atoms with E-state index in [4.69, 9.17) is 9.47 Å². The number of nitrogens with zero attached hydrogens (tertiary/aromatic N) is 2. The van der Waals surface area contributed by atoms with E-state index >= 15 is 0 Å². The number of ether oxygens (including phenoxy) is 2. The number of para-hydroxylation sites is 1. The number of aromatic nitrogens is 2. The first-order valence-electron chi connectivity index (χ1n) is 10.5.